The van der Waals surface area contributed by atoms with Gasteiger partial charge in [-0.2, -0.15) is 10.2 Å². The van der Waals surface area contributed by atoms with Gasteiger partial charge < -0.3 is 5.32 Å². The molecule has 4 aromatic rings. The van der Waals surface area contributed by atoms with Gasteiger partial charge in [-0.05, 0) is 60.7 Å². The van der Waals surface area contributed by atoms with Crippen molar-refractivity contribution in [3.63, 3.8) is 0 Å². The number of nitrogens with zero attached hydrogens (tertiary/aromatic N) is 4. The number of para-hydroxylation sites is 1. The van der Waals surface area contributed by atoms with Gasteiger partial charge in [0.2, 0.25) is 0 Å². The molecule has 0 radical (unpaired) electrons. The Bertz CT molecular complexity index is 1310. The molecule has 33 heavy (non-hydrogen) atoms. The molecule has 2 N–H and O–H groups in total. The number of benzene rings is 3. The maximum Gasteiger partial charge on any atom is 0.269 e. The van der Waals surface area contributed by atoms with E-state index in [4.69, 9.17) is 12.2 Å². The molecule has 3 aromatic carbocycles. The lowest BCUT2D eigenvalue weighted by Crippen LogP contribution is -2.23. The number of thiocarbonyl (C=S) groups is 1. The molecule has 10 heteroatoms. The van der Waals surface area contributed by atoms with Crippen molar-refractivity contribution in [2.75, 3.05) is 5.32 Å². The number of nitrogens with one attached hydrogen (secondary N) is 2. The van der Waals surface area contributed by atoms with Crippen molar-refractivity contribution in [2.45, 2.75) is 0 Å². The average Bonchev–Trinajstić information content (AvgIpc) is 3.24. The minimum absolute atomic E-state index is 0.0142. The number of hydrazone groups is 1. The molecule has 0 unspecified atom stereocenters. The number of rotatable bonds is 6. The van der Waals surface area contributed by atoms with E-state index in [-0.39, 0.29) is 5.69 Å². The fourth-order valence-corrected chi connectivity index (χ4v) is 3.45. The van der Waals surface area contributed by atoms with E-state index in [0.717, 1.165) is 21.4 Å². The van der Waals surface area contributed by atoms with E-state index in [0.29, 0.717) is 16.4 Å². The highest BCUT2D eigenvalue weighted by Gasteiger charge is 2.13. The molecule has 1 aromatic heterocycles. The summed E-state index contributed by atoms with van der Waals surface area (Å²) in [6.45, 7) is 0. The van der Waals surface area contributed by atoms with Crippen LogP contribution in [-0.4, -0.2) is 26.0 Å². The predicted octanol–water partition coefficient (Wildman–Crippen LogP) is 5.53. The zero-order valence-electron chi connectivity index (χ0n) is 17.1. The second-order valence-corrected chi connectivity index (χ2v) is 8.17. The molecule has 1 heterocycles. The van der Waals surface area contributed by atoms with Crippen LogP contribution in [0, 0.1) is 10.1 Å². The number of halogens is 1. The van der Waals surface area contributed by atoms with Crippen molar-refractivity contribution in [3.05, 3.63) is 105 Å². The molecular formula is C23H17BrN6O2S. The molecule has 0 aliphatic heterocycles. The van der Waals surface area contributed by atoms with Gasteiger partial charge in [-0.3, -0.25) is 15.5 Å². The van der Waals surface area contributed by atoms with Crippen LogP contribution < -0.4 is 10.7 Å². The number of hydrogen-bond donors (Lipinski definition) is 2. The topological polar surface area (TPSA) is 97.4 Å². The van der Waals surface area contributed by atoms with Crippen LogP contribution >= 0.6 is 28.1 Å². The van der Waals surface area contributed by atoms with E-state index in [1.165, 1.54) is 12.1 Å². The van der Waals surface area contributed by atoms with Crippen molar-refractivity contribution in [3.8, 4) is 16.9 Å². The van der Waals surface area contributed by atoms with Gasteiger partial charge in [-0.1, -0.05) is 34.1 Å². The fourth-order valence-electron chi connectivity index (χ4n) is 3.01. The van der Waals surface area contributed by atoms with Crippen LogP contribution in [0.25, 0.3) is 16.9 Å². The van der Waals surface area contributed by atoms with Crippen molar-refractivity contribution in [1.29, 1.82) is 0 Å². The predicted molar refractivity (Wildman–Crippen MR) is 137 cm³/mol. The summed E-state index contributed by atoms with van der Waals surface area (Å²) in [5.74, 6) is 0. The normalized spacial score (nSPS) is 10.8. The van der Waals surface area contributed by atoms with Gasteiger partial charge in [0.25, 0.3) is 5.69 Å². The van der Waals surface area contributed by atoms with Crippen molar-refractivity contribution < 1.29 is 4.92 Å². The quantitative estimate of drug-likeness (QED) is 0.150. The number of anilines is 1. The Kier molecular flexibility index (Phi) is 6.86. The zero-order chi connectivity index (χ0) is 23.2. The Hall–Kier alpha value is -3.89. The van der Waals surface area contributed by atoms with Gasteiger partial charge in [-0.15, -0.1) is 0 Å². The monoisotopic (exact) mass is 520 g/mol. The summed E-state index contributed by atoms with van der Waals surface area (Å²) in [5.41, 5.74) is 6.57. The summed E-state index contributed by atoms with van der Waals surface area (Å²) < 4.78 is 2.69. The molecule has 164 valence electrons. The molecule has 0 aliphatic carbocycles. The molecule has 0 saturated heterocycles. The van der Waals surface area contributed by atoms with Crippen molar-refractivity contribution in [1.82, 2.24) is 15.2 Å². The summed E-state index contributed by atoms with van der Waals surface area (Å²) in [7, 11) is 0. The SMILES string of the molecule is O=[N+]([O-])c1ccc(-c2nn(-c3ccc(Br)cc3)cc2C=NNC(=S)Nc2ccccc2)cc1. The maximum atomic E-state index is 11.0. The molecule has 0 amide bonds. The lowest BCUT2D eigenvalue weighted by atomic mass is 10.1. The molecule has 0 saturated carbocycles. The Morgan fingerprint density at radius 3 is 2.42 bits per heavy atom. The summed E-state index contributed by atoms with van der Waals surface area (Å²) in [6.07, 6.45) is 3.44. The Labute approximate surface area is 203 Å². The van der Waals surface area contributed by atoms with Crippen molar-refractivity contribution >= 4 is 50.8 Å². The Balaban J connectivity index is 1.60. The lowest BCUT2D eigenvalue weighted by Gasteiger charge is -2.06. The third kappa shape index (κ3) is 5.68. The first-order valence-corrected chi connectivity index (χ1v) is 11.0. The summed E-state index contributed by atoms with van der Waals surface area (Å²) in [5, 5.41) is 23.3. The van der Waals surface area contributed by atoms with Crippen LogP contribution in [0.5, 0.6) is 0 Å². The molecule has 0 bridgehead atoms. The zero-order valence-corrected chi connectivity index (χ0v) is 19.5. The first-order valence-electron chi connectivity index (χ1n) is 9.75. The summed E-state index contributed by atoms with van der Waals surface area (Å²) in [6, 6.07) is 23.4. The first-order chi connectivity index (χ1) is 16.0. The molecule has 0 spiro atoms. The van der Waals surface area contributed by atoms with E-state index in [2.05, 4.69) is 36.9 Å². The third-order valence-electron chi connectivity index (χ3n) is 4.59. The number of aromatic nitrogens is 2. The number of nitro groups is 1. The van der Waals surface area contributed by atoms with Crippen LogP contribution in [0.3, 0.4) is 0 Å². The van der Waals surface area contributed by atoms with E-state index in [1.54, 1.807) is 23.0 Å². The number of hydrogen-bond acceptors (Lipinski definition) is 5. The van der Waals surface area contributed by atoms with E-state index < -0.39 is 4.92 Å². The Morgan fingerprint density at radius 2 is 1.76 bits per heavy atom. The van der Waals surface area contributed by atoms with Gasteiger partial charge in [0.1, 0.15) is 5.69 Å². The molecule has 8 nitrogen and oxygen atoms in total. The Morgan fingerprint density at radius 1 is 1.06 bits per heavy atom. The average molecular weight is 521 g/mol. The molecule has 0 aliphatic rings. The van der Waals surface area contributed by atoms with Gasteiger partial charge in [0.05, 0.1) is 16.8 Å². The van der Waals surface area contributed by atoms with Crippen LogP contribution in [0.15, 0.2) is 94.6 Å². The van der Waals surface area contributed by atoms with E-state index in [9.17, 15) is 10.1 Å². The highest BCUT2D eigenvalue weighted by Crippen LogP contribution is 2.25. The third-order valence-corrected chi connectivity index (χ3v) is 5.31. The van der Waals surface area contributed by atoms with Gasteiger partial charge in [0.15, 0.2) is 5.11 Å². The number of non-ortho nitro benzene ring substituents is 1. The van der Waals surface area contributed by atoms with Crippen LogP contribution in [0.4, 0.5) is 11.4 Å². The highest BCUT2D eigenvalue weighted by atomic mass is 79.9. The second kappa shape index (κ2) is 10.2. The molecule has 4 rings (SSSR count). The molecular weight excluding hydrogens is 504 g/mol. The second-order valence-electron chi connectivity index (χ2n) is 6.85. The van der Waals surface area contributed by atoms with Crippen molar-refractivity contribution in [2.24, 2.45) is 5.10 Å². The smallest absolute Gasteiger partial charge is 0.269 e. The molecule has 0 fully saturated rings. The minimum atomic E-state index is -0.433. The van der Waals surface area contributed by atoms with Gasteiger partial charge in [0, 0.05) is 39.6 Å². The van der Waals surface area contributed by atoms with Gasteiger partial charge >= 0.3 is 0 Å². The minimum Gasteiger partial charge on any atom is -0.331 e. The molecule has 0 atom stereocenters. The maximum absolute atomic E-state index is 11.0. The van der Waals surface area contributed by atoms with Crippen LogP contribution in [0.2, 0.25) is 0 Å². The first kappa shape index (κ1) is 22.3. The lowest BCUT2D eigenvalue weighted by molar-refractivity contribution is -0.384. The van der Waals surface area contributed by atoms with Gasteiger partial charge in [-0.25, -0.2) is 4.68 Å². The summed E-state index contributed by atoms with van der Waals surface area (Å²) >= 11 is 8.72. The largest absolute Gasteiger partial charge is 0.331 e. The van der Waals surface area contributed by atoms with Crippen LogP contribution in [-0.2, 0) is 0 Å². The fraction of sp³-hybridized carbons (Fsp3) is 0. The van der Waals surface area contributed by atoms with Crippen LogP contribution in [0.1, 0.15) is 5.56 Å². The van der Waals surface area contributed by atoms with E-state index >= 15 is 0 Å². The summed E-state index contributed by atoms with van der Waals surface area (Å²) in [4.78, 5) is 10.6. The standard InChI is InChI=1S/C23H17BrN6O2S/c24-18-8-12-20(13-9-18)29-15-17(14-25-27-23(33)26-19-4-2-1-3-5-19)22(28-29)16-6-10-21(11-7-16)30(31)32/h1-15H,(H2,26,27,33). The highest BCUT2D eigenvalue weighted by molar-refractivity contribution is 9.10. The number of nitro benzene ring substituents is 1. The van der Waals surface area contributed by atoms with E-state index in [1.807, 2.05) is 60.8 Å².